The normalized spacial score (nSPS) is 11.7. The van der Waals surface area contributed by atoms with Gasteiger partial charge in [-0.1, -0.05) is 18.2 Å². The molecule has 0 bridgehead atoms. The second-order valence-corrected chi connectivity index (χ2v) is 4.79. The van der Waals surface area contributed by atoms with Gasteiger partial charge < -0.3 is 9.15 Å². The summed E-state index contributed by atoms with van der Waals surface area (Å²) in [6.45, 7) is 1.83. The number of hydrogen-bond donors (Lipinski definition) is 0. The van der Waals surface area contributed by atoms with E-state index in [1.54, 1.807) is 36.4 Å². The van der Waals surface area contributed by atoms with Crippen molar-refractivity contribution >= 4 is 22.5 Å². The number of para-hydroxylation sites is 1. The van der Waals surface area contributed by atoms with E-state index in [2.05, 4.69) is 9.98 Å². The number of fused-ring (bicyclic) bond motifs is 1. The van der Waals surface area contributed by atoms with Gasteiger partial charge in [0.25, 0.3) is 0 Å². The molecule has 116 valence electrons. The van der Waals surface area contributed by atoms with E-state index < -0.39 is 4.92 Å². The summed E-state index contributed by atoms with van der Waals surface area (Å²) in [6, 6.07) is 12.2. The molecule has 0 N–H and O–H groups in total. The average Bonchev–Trinajstić information content (AvgIpc) is 2.54. The van der Waals surface area contributed by atoms with Crippen molar-refractivity contribution in [3.63, 3.8) is 0 Å². The number of aromatic nitrogens is 1. The van der Waals surface area contributed by atoms with Crippen LogP contribution < -0.4 is 10.1 Å². The zero-order valence-electron chi connectivity index (χ0n) is 12.5. The minimum absolute atomic E-state index is 0.159. The van der Waals surface area contributed by atoms with Crippen molar-refractivity contribution < 1.29 is 14.1 Å². The predicted molar refractivity (Wildman–Crippen MR) is 83.6 cm³/mol. The molecule has 0 saturated heterocycles. The molecule has 0 radical (unpaired) electrons. The summed E-state index contributed by atoms with van der Waals surface area (Å²) in [5, 5.41) is 12.2. The van der Waals surface area contributed by atoms with Crippen LogP contribution >= 0.6 is 0 Å². The van der Waals surface area contributed by atoms with Gasteiger partial charge in [0.05, 0.1) is 17.4 Å². The fourth-order valence-corrected chi connectivity index (χ4v) is 2.24. The first-order valence-electron chi connectivity index (χ1n) is 6.83. The smallest absolute Gasteiger partial charge is 0.375 e. The Bertz CT molecular complexity index is 963. The van der Waals surface area contributed by atoms with Crippen LogP contribution in [0.25, 0.3) is 11.0 Å². The number of nitro groups is 1. The third kappa shape index (κ3) is 2.76. The van der Waals surface area contributed by atoms with Gasteiger partial charge in [0.1, 0.15) is 5.58 Å². The van der Waals surface area contributed by atoms with Gasteiger partial charge in [-0.25, -0.2) is 9.98 Å². The second kappa shape index (κ2) is 5.88. The first-order chi connectivity index (χ1) is 11.1. The zero-order valence-corrected chi connectivity index (χ0v) is 12.5. The van der Waals surface area contributed by atoms with Gasteiger partial charge in [-0.05, 0) is 31.2 Å². The number of ether oxygens (including phenoxy) is 1. The molecule has 0 unspecified atom stereocenters. The molecule has 23 heavy (non-hydrogen) atoms. The number of nitrogens with zero attached hydrogens (tertiary/aromatic N) is 3. The Morgan fingerprint density at radius 3 is 2.70 bits per heavy atom. The molecule has 2 heterocycles. The average molecular weight is 311 g/mol. The standard InChI is InChI=1S/C16H13N3O4/c1-10-6-5-9-13(17-10)18-14-11-7-3-4-8-12(11)23-16(22-2)15(14)19(20)21/h3-9H,1-2H3/b18-14-. The highest BCUT2D eigenvalue weighted by atomic mass is 16.6. The lowest BCUT2D eigenvalue weighted by atomic mass is 10.2. The lowest BCUT2D eigenvalue weighted by Gasteiger charge is -2.04. The topological polar surface area (TPSA) is 90.8 Å². The first-order valence-corrected chi connectivity index (χ1v) is 6.83. The maximum atomic E-state index is 11.5. The second-order valence-electron chi connectivity index (χ2n) is 4.79. The SMILES string of the molecule is COc1oc2ccccc2/c(=N/c2cccc(C)n2)c1[N+](=O)[O-]. The third-order valence-corrected chi connectivity index (χ3v) is 3.23. The van der Waals surface area contributed by atoms with Gasteiger partial charge in [-0.15, -0.1) is 0 Å². The van der Waals surface area contributed by atoms with Crippen molar-refractivity contribution in [1.82, 2.24) is 4.98 Å². The molecule has 3 rings (SSSR count). The molecule has 0 amide bonds. The van der Waals surface area contributed by atoms with Gasteiger partial charge in [0.2, 0.25) is 0 Å². The summed E-state index contributed by atoms with van der Waals surface area (Å²) >= 11 is 0. The molecule has 0 saturated carbocycles. The molecule has 0 spiro atoms. The number of hydrogen-bond acceptors (Lipinski definition) is 6. The van der Waals surface area contributed by atoms with Crippen molar-refractivity contribution in [2.75, 3.05) is 7.11 Å². The summed E-state index contributed by atoms with van der Waals surface area (Å²) < 4.78 is 10.5. The Morgan fingerprint density at radius 2 is 2.00 bits per heavy atom. The Hall–Kier alpha value is -3.22. The van der Waals surface area contributed by atoms with E-state index in [9.17, 15) is 10.1 Å². The summed E-state index contributed by atoms with van der Waals surface area (Å²) in [7, 11) is 1.31. The molecule has 7 nitrogen and oxygen atoms in total. The number of aryl methyl sites for hydroxylation is 1. The van der Waals surface area contributed by atoms with E-state index in [4.69, 9.17) is 9.15 Å². The molecule has 7 heteroatoms. The molecule has 0 aliphatic rings. The minimum atomic E-state index is -0.566. The zero-order chi connectivity index (χ0) is 16.4. The molecule has 3 aromatic rings. The van der Waals surface area contributed by atoms with E-state index in [1.165, 1.54) is 7.11 Å². The number of pyridine rings is 1. The van der Waals surface area contributed by atoms with Gasteiger partial charge in [0, 0.05) is 5.69 Å². The maximum Gasteiger partial charge on any atom is 0.375 e. The summed E-state index contributed by atoms with van der Waals surface area (Å²) in [5.74, 6) is 0.187. The summed E-state index contributed by atoms with van der Waals surface area (Å²) in [5.41, 5.74) is 0.890. The Kier molecular flexibility index (Phi) is 3.76. The van der Waals surface area contributed by atoms with Crippen molar-refractivity contribution in [2.24, 2.45) is 4.99 Å². The Labute approximate surface area is 131 Å². The van der Waals surface area contributed by atoms with Crippen LogP contribution in [0, 0.1) is 17.0 Å². The van der Waals surface area contributed by atoms with Crippen LogP contribution in [0.2, 0.25) is 0 Å². The molecule has 0 aliphatic carbocycles. The predicted octanol–water partition coefficient (Wildman–Crippen LogP) is 3.29. The van der Waals surface area contributed by atoms with Crippen molar-refractivity contribution in [3.8, 4) is 5.95 Å². The third-order valence-electron chi connectivity index (χ3n) is 3.23. The molecule has 1 aromatic carbocycles. The molecule has 0 aliphatic heterocycles. The van der Waals surface area contributed by atoms with Gasteiger partial charge in [0.15, 0.2) is 11.2 Å². The van der Waals surface area contributed by atoms with Gasteiger partial charge >= 0.3 is 11.6 Å². The molecular weight excluding hydrogens is 298 g/mol. The van der Waals surface area contributed by atoms with E-state index >= 15 is 0 Å². The highest BCUT2D eigenvalue weighted by Crippen LogP contribution is 2.28. The quantitative estimate of drug-likeness (QED) is 0.547. The van der Waals surface area contributed by atoms with E-state index in [0.717, 1.165) is 5.69 Å². The largest absolute Gasteiger partial charge is 0.463 e. The maximum absolute atomic E-state index is 11.5. The van der Waals surface area contributed by atoms with Crippen LogP contribution in [-0.2, 0) is 0 Å². The van der Waals surface area contributed by atoms with Crippen molar-refractivity contribution in [2.45, 2.75) is 6.92 Å². The highest BCUT2D eigenvalue weighted by molar-refractivity contribution is 5.79. The van der Waals surface area contributed by atoms with Crippen molar-refractivity contribution in [1.29, 1.82) is 0 Å². The minimum Gasteiger partial charge on any atom is -0.463 e. The van der Waals surface area contributed by atoms with Gasteiger partial charge in [-0.3, -0.25) is 10.1 Å². The first kappa shape index (κ1) is 14.7. The van der Waals surface area contributed by atoms with E-state index in [0.29, 0.717) is 16.8 Å². The van der Waals surface area contributed by atoms with E-state index in [-0.39, 0.29) is 17.0 Å². The Balaban J connectivity index is 2.45. The summed E-state index contributed by atoms with van der Waals surface area (Å²) in [6.07, 6.45) is 0. The monoisotopic (exact) mass is 311 g/mol. The van der Waals surface area contributed by atoms with Crippen molar-refractivity contribution in [3.05, 3.63) is 63.6 Å². The molecule has 0 atom stereocenters. The van der Waals surface area contributed by atoms with Crippen LogP contribution in [0.1, 0.15) is 5.69 Å². The molecule has 0 fully saturated rings. The lowest BCUT2D eigenvalue weighted by molar-refractivity contribution is -0.388. The van der Waals surface area contributed by atoms with E-state index in [1.807, 2.05) is 13.0 Å². The fraction of sp³-hybridized carbons (Fsp3) is 0.125. The van der Waals surface area contributed by atoms with Crippen LogP contribution in [0.5, 0.6) is 5.95 Å². The fourth-order valence-electron chi connectivity index (χ4n) is 2.24. The number of benzene rings is 1. The lowest BCUT2D eigenvalue weighted by Crippen LogP contribution is -2.12. The molecule has 2 aromatic heterocycles. The highest BCUT2D eigenvalue weighted by Gasteiger charge is 2.24. The Morgan fingerprint density at radius 1 is 1.22 bits per heavy atom. The van der Waals surface area contributed by atoms with Crippen LogP contribution in [0.3, 0.4) is 0 Å². The van der Waals surface area contributed by atoms with Crippen LogP contribution in [0.4, 0.5) is 11.5 Å². The van der Waals surface area contributed by atoms with Crippen LogP contribution in [-0.4, -0.2) is 17.0 Å². The van der Waals surface area contributed by atoms with Gasteiger partial charge in [-0.2, -0.15) is 0 Å². The summed E-state index contributed by atoms with van der Waals surface area (Å²) in [4.78, 5) is 19.6. The number of methoxy groups -OCH3 is 1. The van der Waals surface area contributed by atoms with Crippen LogP contribution in [0.15, 0.2) is 51.9 Å². The number of rotatable bonds is 3. The molecular formula is C16H13N3O4.